The smallest absolute Gasteiger partial charge is 0.227 e. The average Bonchev–Trinajstić information content (AvgIpc) is 2.39. The van der Waals surface area contributed by atoms with Gasteiger partial charge in [0.2, 0.25) is 5.91 Å². The standard InChI is InChI=1S/C16H21NO2/c18-12-13-8-10-15(11-9-13)17-16(19)14-6-4-2-1-3-5-7-14/h8-12,14H,1-7H2,(H,17,19). The first-order valence-electron chi connectivity index (χ1n) is 7.16. The summed E-state index contributed by atoms with van der Waals surface area (Å²) in [4.78, 5) is 22.8. The SMILES string of the molecule is O=Cc1ccc(NC(=O)C2CCCCCCC2)cc1. The lowest BCUT2D eigenvalue weighted by Crippen LogP contribution is -2.23. The molecule has 3 nitrogen and oxygen atoms in total. The molecular weight excluding hydrogens is 238 g/mol. The third-order valence-corrected chi connectivity index (χ3v) is 3.79. The zero-order valence-electron chi connectivity index (χ0n) is 11.2. The van der Waals surface area contributed by atoms with Crippen LogP contribution in [0.1, 0.15) is 55.3 Å². The summed E-state index contributed by atoms with van der Waals surface area (Å²) in [6.45, 7) is 0. The number of hydrogen-bond donors (Lipinski definition) is 1. The van der Waals surface area contributed by atoms with Crippen LogP contribution in [0.4, 0.5) is 5.69 Å². The number of nitrogens with one attached hydrogen (secondary N) is 1. The fourth-order valence-corrected chi connectivity index (χ4v) is 2.61. The van der Waals surface area contributed by atoms with Crippen LogP contribution in [0.15, 0.2) is 24.3 Å². The van der Waals surface area contributed by atoms with Crippen molar-refractivity contribution in [2.75, 3.05) is 5.32 Å². The molecule has 0 aromatic heterocycles. The number of rotatable bonds is 3. The molecule has 0 unspecified atom stereocenters. The van der Waals surface area contributed by atoms with Crippen LogP contribution >= 0.6 is 0 Å². The zero-order valence-corrected chi connectivity index (χ0v) is 11.2. The Labute approximate surface area is 114 Å². The topological polar surface area (TPSA) is 46.2 Å². The minimum atomic E-state index is 0.126. The van der Waals surface area contributed by atoms with Gasteiger partial charge in [0.05, 0.1) is 0 Å². The summed E-state index contributed by atoms with van der Waals surface area (Å²) in [6.07, 6.45) is 8.92. The second kappa shape index (κ2) is 7.07. The molecule has 2 rings (SSSR count). The lowest BCUT2D eigenvalue weighted by atomic mass is 9.90. The van der Waals surface area contributed by atoms with Gasteiger partial charge in [-0.05, 0) is 37.1 Å². The number of benzene rings is 1. The third-order valence-electron chi connectivity index (χ3n) is 3.79. The van der Waals surface area contributed by atoms with E-state index in [2.05, 4.69) is 5.32 Å². The van der Waals surface area contributed by atoms with Crippen molar-refractivity contribution in [3.63, 3.8) is 0 Å². The van der Waals surface area contributed by atoms with Crippen molar-refractivity contribution in [1.29, 1.82) is 0 Å². The number of carbonyl (C=O) groups is 2. The average molecular weight is 259 g/mol. The zero-order chi connectivity index (χ0) is 13.5. The summed E-state index contributed by atoms with van der Waals surface area (Å²) in [5, 5.41) is 2.96. The molecule has 0 aliphatic heterocycles. The van der Waals surface area contributed by atoms with Crippen molar-refractivity contribution in [2.24, 2.45) is 5.92 Å². The van der Waals surface area contributed by atoms with Gasteiger partial charge in [-0.15, -0.1) is 0 Å². The summed E-state index contributed by atoms with van der Waals surface area (Å²) in [6, 6.07) is 7.01. The number of anilines is 1. The molecular formula is C16H21NO2. The molecule has 1 fully saturated rings. The molecule has 1 aromatic rings. The molecule has 1 aliphatic carbocycles. The molecule has 1 aliphatic rings. The Kier molecular flexibility index (Phi) is 5.13. The molecule has 3 heteroatoms. The fourth-order valence-electron chi connectivity index (χ4n) is 2.61. The van der Waals surface area contributed by atoms with Crippen molar-refractivity contribution in [3.05, 3.63) is 29.8 Å². The molecule has 1 amide bonds. The first-order valence-corrected chi connectivity index (χ1v) is 7.16. The van der Waals surface area contributed by atoms with Crippen molar-refractivity contribution in [2.45, 2.75) is 44.9 Å². The Morgan fingerprint density at radius 3 is 2.16 bits per heavy atom. The highest BCUT2D eigenvalue weighted by molar-refractivity contribution is 5.92. The van der Waals surface area contributed by atoms with Crippen LogP contribution in [0.3, 0.4) is 0 Å². The molecule has 0 spiro atoms. The van der Waals surface area contributed by atoms with Gasteiger partial charge in [-0.25, -0.2) is 0 Å². The predicted octanol–water partition coefficient (Wildman–Crippen LogP) is 3.80. The molecule has 1 N–H and O–H groups in total. The highest BCUT2D eigenvalue weighted by atomic mass is 16.1. The quantitative estimate of drug-likeness (QED) is 0.839. The van der Waals surface area contributed by atoms with E-state index in [1.54, 1.807) is 24.3 Å². The van der Waals surface area contributed by atoms with Crippen LogP contribution in [0.2, 0.25) is 0 Å². The molecule has 0 saturated heterocycles. The van der Waals surface area contributed by atoms with Crippen LogP contribution < -0.4 is 5.32 Å². The first kappa shape index (κ1) is 13.8. The van der Waals surface area contributed by atoms with Crippen molar-refractivity contribution >= 4 is 17.9 Å². The molecule has 0 bridgehead atoms. The summed E-state index contributed by atoms with van der Waals surface area (Å²) >= 11 is 0. The van der Waals surface area contributed by atoms with E-state index in [4.69, 9.17) is 0 Å². The van der Waals surface area contributed by atoms with E-state index in [9.17, 15) is 9.59 Å². The van der Waals surface area contributed by atoms with Gasteiger partial charge in [0, 0.05) is 17.2 Å². The van der Waals surface area contributed by atoms with Crippen LogP contribution in [-0.4, -0.2) is 12.2 Å². The minimum Gasteiger partial charge on any atom is -0.326 e. The van der Waals surface area contributed by atoms with E-state index >= 15 is 0 Å². The molecule has 102 valence electrons. The predicted molar refractivity (Wildman–Crippen MR) is 76.3 cm³/mol. The van der Waals surface area contributed by atoms with Crippen LogP contribution in [0.5, 0.6) is 0 Å². The number of aldehydes is 1. The maximum Gasteiger partial charge on any atom is 0.227 e. The van der Waals surface area contributed by atoms with E-state index in [1.807, 2.05) is 0 Å². The van der Waals surface area contributed by atoms with Gasteiger partial charge >= 0.3 is 0 Å². The van der Waals surface area contributed by atoms with Gasteiger partial charge in [0.25, 0.3) is 0 Å². The molecule has 19 heavy (non-hydrogen) atoms. The molecule has 0 atom stereocenters. The van der Waals surface area contributed by atoms with Crippen molar-refractivity contribution < 1.29 is 9.59 Å². The third kappa shape index (κ3) is 4.19. The number of carbonyl (C=O) groups excluding carboxylic acids is 2. The maximum absolute atomic E-state index is 12.2. The largest absolute Gasteiger partial charge is 0.326 e. The number of amides is 1. The van der Waals surface area contributed by atoms with Gasteiger partial charge in [-0.3, -0.25) is 9.59 Å². The fraction of sp³-hybridized carbons (Fsp3) is 0.500. The number of hydrogen-bond acceptors (Lipinski definition) is 2. The van der Waals surface area contributed by atoms with Crippen LogP contribution in [0.25, 0.3) is 0 Å². The van der Waals surface area contributed by atoms with Crippen LogP contribution in [-0.2, 0) is 4.79 Å². The Balaban J connectivity index is 1.92. The van der Waals surface area contributed by atoms with Gasteiger partial charge in [-0.2, -0.15) is 0 Å². The monoisotopic (exact) mass is 259 g/mol. The Morgan fingerprint density at radius 2 is 1.58 bits per heavy atom. The summed E-state index contributed by atoms with van der Waals surface area (Å²) in [5.74, 6) is 0.270. The minimum absolute atomic E-state index is 0.126. The van der Waals surface area contributed by atoms with Gasteiger partial charge in [0.1, 0.15) is 6.29 Å². The van der Waals surface area contributed by atoms with E-state index < -0.39 is 0 Å². The molecule has 0 radical (unpaired) electrons. The summed E-state index contributed by atoms with van der Waals surface area (Å²) in [5.41, 5.74) is 1.40. The Hall–Kier alpha value is -1.64. The van der Waals surface area contributed by atoms with Gasteiger partial charge in [0.15, 0.2) is 0 Å². The highest BCUT2D eigenvalue weighted by Crippen LogP contribution is 2.23. The van der Waals surface area contributed by atoms with E-state index in [0.29, 0.717) is 5.56 Å². The second-order valence-electron chi connectivity index (χ2n) is 5.27. The lowest BCUT2D eigenvalue weighted by molar-refractivity contribution is -0.120. The normalized spacial score (nSPS) is 17.3. The summed E-state index contributed by atoms with van der Waals surface area (Å²) < 4.78 is 0. The van der Waals surface area contributed by atoms with Gasteiger partial charge < -0.3 is 5.32 Å². The lowest BCUT2D eigenvalue weighted by Gasteiger charge is -2.19. The summed E-state index contributed by atoms with van der Waals surface area (Å²) in [7, 11) is 0. The van der Waals surface area contributed by atoms with E-state index in [-0.39, 0.29) is 11.8 Å². The first-order chi connectivity index (χ1) is 9.29. The Morgan fingerprint density at radius 1 is 1.00 bits per heavy atom. The van der Waals surface area contributed by atoms with Crippen LogP contribution in [0, 0.1) is 5.92 Å². The maximum atomic E-state index is 12.2. The Bertz CT molecular complexity index is 417. The van der Waals surface area contributed by atoms with E-state index in [0.717, 1.165) is 37.7 Å². The molecule has 1 aromatic carbocycles. The molecule has 1 saturated carbocycles. The van der Waals surface area contributed by atoms with Crippen molar-refractivity contribution in [3.8, 4) is 0 Å². The molecule has 0 heterocycles. The second-order valence-corrected chi connectivity index (χ2v) is 5.27. The highest BCUT2D eigenvalue weighted by Gasteiger charge is 2.19. The van der Waals surface area contributed by atoms with Gasteiger partial charge in [-0.1, -0.05) is 32.1 Å². The van der Waals surface area contributed by atoms with Crippen molar-refractivity contribution in [1.82, 2.24) is 0 Å². The van der Waals surface area contributed by atoms with E-state index in [1.165, 1.54) is 19.3 Å².